The third kappa shape index (κ3) is 2.48. The lowest BCUT2D eigenvalue weighted by Gasteiger charge is -1.97. The molecule has 0 bridgehead atoms. The van der Waals surface area contributed by atoms with Gasteiger partial charge in [-0.25, -0.2) is 4.79 Å². The molecule has 86 valence electrons. The molecule has 1 amide bonds. The van der Waals surface area contributed by atoms with E-state index in [-0.39, 0.29) is 16.5 Å². The van der Waals surface area contributed by atoms with Gasteiger partial charge in [0.15, 0.2) is 5.76 Å². The van der Waals surface area contributed by atoms with Crippen LogP contribution in [0.5, 0.6) is 0 Å². The Morgan fingerprint density at radius 3 is 2.47 bits per heavy atom. The van der Waals surface area contributed by atoms with Crippen molar-refractivity contribution in [3.63, 3.8) is 0 Å². The van der Waals surface area contributed by atoms with Crippen LogP contribution >= 0.6 is 12.2 Å². The van der Waals surface area contributed by atoms with Gasteiger partial charge in [-0.05, 0) is 36.0 Å². The molecule has 2 N–H and O–H groups in total. The highest BCUT2D eigenvalue weighted by Gasteiger charge is 2.22. The Balaban J connectivity index is 2.24. The molecule has 1 aliphatic rings. The van der Waals surface area contributed by atoms with Crippen molar-refractivity contribution in [3.8, 4) is 0 Å². The van der Waals surface area contributed by atoms with Crippen LogP contribution in [-0.4, -0.2) is 22.2 Å². The molecule has 0 radical (unpaired) electrons. The number of carboxylic acid groups (broad SMARTS) is 1. The summed E-state index contributed by atoms with van der Waals surface area (Å²) in [6, 6.07) is 6.04. The highest BCUT2D eigenvalue weighted by molar-refractivity contribution is 7.80. The summed E-state index contributed by atoms with van der Waals surface area (Å²) in [5.41, 5.74) is 0.837. The zero-order valence-electron chi connectivity index (χ0n) is 8.47. The van der Waals surface area contributed by atoms with E-state index in [9.17, 15) is 9.59 Å². The second-order valence-electron chi connectivity index (χ2n) is 3.28. The minimum Gasteiger partial charge on any atom is -0.478 e. The number of aromatic carboxylic acids is 1. The van der Waals surface area contributed by atoms with Crippen molar-refractivity contribution in [1.82, 2.24) is 5.32 Å². The average Bonchev–Trinajstić information content (AvgIpc) is 2.58. The summed E-state index contributed by atoms with van der Waals surface area (Å²) < 4.78 is 4.97. The van der Waals surface area contributed by atoms with Crippen LogP contribution < -0.4 is 5.32 Å². The van der Waals surface area contributed by atoms with Gasteiger partial charge in [-0.2, -0.15) is 0 Å². The number of hydrogen-bond acceptors (Lipinski definition) is 4. The molecule has 2 rings (SSSR count). The van der Waals surface area contributed by atoms with Gasteiger partial charge in [-0.3, -0.25) is 10.1 Å². The van der Waals surface area contributed by atoms with Gasteiger partial charge < -0.3 is 9.84 Å². The van der Waals surface area contributed by atoms with Crippen LogP contribution in [0.2, 0.25) is 0 Å². The first-order valence-electron chi connectivity index (χ1n) is 4.64. The summed E-state index contributed by atoms with van der Waals surface area (Å²) in [6.07, 6.45) is 1.49. The van der Waals surface area contributed by atoms with Gasteiger partial charge in [0.1, 0.15) is 0 Å². The van der Waals surface area contributed by atoms with E-state index in [2.05, 4.69) is 17.5 Å². The molecule has 1 aromatic rings. The molecule has 0 spiro atoms. The molecule has 0 atom stereocenters. The lowest BCUT2D eigenvalue weighted by atomic mass is 10.1. The van der Waals surface area contributed by atoms with Gasteiger partial charge >= 0.3 is 5.97 Å². The zero-order chi connectivity index (χ0) is 12.4. The Labute approximate surface area is 102 Å². The first-order valence-corrected chi connectivity index (χ1v) is 5.05. The second kappa shape index (κ2) is 4.34. The quantitative estimate of drug-likeness (QED) is 0.607. The SMILES string of the molecule is O=C1NC(=S)O/C1=C/c1ccc(C(=O)O)cc1. The van der Waals surface area contributed by atoms with Gasteiger partial charge in [-0.1, -0.05) is 12.1 Å². The van der Waals surface area contributed by atoms with E-state index >= 15 is 0 Å². The fourth-order valence-electron chi connectivity index (χ4n) is 1.29. The number of carbonyl (C=O) groups is 2. The molecular weight excluding hydrogens is 242 g/mol. The number of ether oxygens (including phenoxy) is 1. The number of carboxylic acids is 1. The maximum absolute atomic E-state index is 11.3. The van der Waals surface area contributed by atoms with Crippen LogP contribution in [0.4, 0.5) is 0 Å². The van der Waals surface area contributed by atoms with Gasteiger partial charge in [-0.15, -0.1) is 0 Å². The Morgan fingerprint density at radius 1 is 1.35 bits per heavy atom. The Hall–Kier alpha value is -2.21. The number of thiocarbonyl (C=S) groups is 1. The lowest BCUT2D eigenvalue weighted by molar-refractivity contribution is -0.116. The monoisotopic (exact) mass is 249 g/mol. The van der Waals surface area contributed by atoms with Crippen LogP contribution in [0.1, 0.15) is 15.9 Å². The fourth-order valence-corrected chi connectivity index (χ4v) is 1.48. The Kier molecular flexibility index (Phi) is 2.88. The fraction of sp³-hybridized carbons (Fsp3) is 0. The first-order chi connectivity index (χ1) is 8.06. The number of carbonyl (C=O) groups excluding carboxylic acids is 1. The van der Waals surface area contributed by atoms with E-state index in [4.69, 9.17) is 9.84 Å². The van der Waals surface area contributed by atoms with E-state index in [1.165, 1.54) is 18.2 Å². The average molecular weight is 249 g/mol. The van der Waals surface area contributed by atoms with Gasteiger partial charge in [0, 0.05) is 0 Å². The smallest absolute Gasteiger partial charge is 0.335 e. The molecule has 1 fully saturated rings. The third-order valence-corrected chi connectivity index (χ3v) is 2.28. The molecule has 0 aliphatic carbocycles. The standard InChI is InChI=1S/C11H7NO4S/c13-9-8(16-11(17)12-9)5-6-1-3-7(4-2-6)10(14)15/h1-5H,(H,14,15)(H,12,13,17)/b8-5+. The molecule has 5 nitrogen and oxygen atoms in total. The number of rotatable bonds is 2. The molecule has 1 aromatic carbocycles. The normalized spacial score (nSPS) is 16.8. The van der Waals surface area contributed by atoms with Crippen LogP contribution in [0.3, 0.4) is 0 Å². The van der Waals surface area contributed by atoms with Crippen molar-refractivity contribution in [3.05, 3.63) is 41.2 Å². The molecular formula is C11H7NO4S. The van der Waals surface area contributed by atoms with Crippen molar-refractivity contribution in [2.45, 2.75) is 0 Å². The summed E-state index contributed by atoms with van der Waals surface area (Å²) in [4.78, 5) is 21.9. The summed E-state index contributed by atoms with van der Waals surface area (Å²) in [5, 5.41) is 11.1. The van der Waals surface area contributed by atoms with Crippen LogP contribution in [0.15, 0.2) is 30.0 Å². The first kappa shape index (κ1) is 11.3. The Bertz CT molecular complexity index is 533. The summed E-state index contributed by atoms with van der Waals surface area (Å²) >= 11 is 4.67. The molecule has 1 aliphatic heterocycles. The van der Waals surface area contributed by atoms with Crippen molar-refractivity contribution >= 4 is 35.3 Å². The summed E-state index contributed by atoms with van der Waals surface area (Å²) in [7, 11) is 0. The van der Waals surface area contributed by atoms with Gasteiger partial charge in [0.05, 0.1) is 5.56 Å². The molecule has 17 heavy (non-hydrogen) atoms. The highest BCUT2D eigenvalue weighted by Crippen LogP contribution is 2.13. The summed E-state index contributed by atoms with van der Waals surface area (Å²) in [6.45, 7) is 0. The molecule has 0 unspecified atom stereocenters. The minimum absolute atomic E-state index is 0.0170. The number of amides is 1. The maximum Gasteiger partial charge on any atom is 0.335 e. The number of hydrogen-bond donors (Lipinski definition) is 2. The van der Waals surface area contributed by atoms with Gasteiger partial charge in [0.2, 0.25) is 0 Å². The number of nitrogens with one attached hydrogen (secondary N) is 1. The van der Waals surface area contributed by atoms with Crippen LogP contribution in [0, 0.1) is 0 Å². The van der Waals surface area contributed by atoms with Crippen molar-refractivity contribution in [2.75, 3.05) is 0 Å². The van der Waals surface area contributed by atoms with E-state index in [0.29, 0.717) is 5.56 Å². The minimum atomic E-state index is -1.000. The molecule has 0 aromatic heterocycles. The zero-order valence-corrected chi connectivity index (χ0v) is 9.28. The largest absolute Gasteiger partial charge is 0.478 e. The van der Waals surface area contributed by atoms with E-state index < -0.39 is 11.9 Å². The van der Waals surface area contributed by atoms with Crippen molar-refractivity contribution in [1.29, 1.82) is 0 Å². The van der Waals surface area contributed by atoms with E-state index in [1.807, 2.05) is 0 Å². The maximum atomic E-state index is 11.3. The Morgan fingerprint density at radius 2 is 2.00 bits per heavy atom. The van der Waals surface area contributed by atoms with Crippen LogP contribution in [0.25, 0.3) is 6.08 Å². The van der Waals surface area contributed by atoms with Gasteiger partial charge in [0.25, 0.3) is 11.1 Å². The molecule has 0 saturated carbocycles. The highest BCUT2D eigenvalue weighted by atomic mass is 32.1. The third-order valence-electron chi connectivity index (χ3n) is 2.10. The second-order valence-corrected chi connectivity index (χ2v) is 3.65. The number of benzene rings is 1. The topological polar surface area (TPSA) is 75.6 Å². The lowest BCUT2D eigenvalue weighted by Crippen LogP contribution is -2.18. The van der Waals surface area contributed by atoms with Crippen LogP contribution in [-0.2, 0) is 9.53 Å². The summed E-state index contributed by atoms with van der Waals surface area (Å²) in [5.74, 6) is -1.31. The van der Waals surface area contributed by atoms with E-state index in [0.717, 1.165) is 0 Å². The molecule has 1 heterocycles. The molecule has 1 saturated heterocycles. The predicted molar refractivity (Wildman–Crippen MR) is 63.2 cm³/mol. The predicted octanol–water partition coefficient (Wildman–Crippen LogP) is 1.16. The van der Waals surface area contributed by atoms with Crippen molar-refractivity contribution < 1.29 is 19.4 Å². The van der Waals surface area contributed by atoms with Crippen molar-refractivity contribution in [2.24, 2.45) is 0 Å². The van der Waals surface area contributed by atoms with E-state index in [1.54, 1.807) is 12.1 Å². The molecule has 6 heteroatoms.